The van der Waals surface area contributed by atoms with Crippen LogP contribution < -0.4 is 5.73 Å². The minimum Gasteiger partial charge on any atom is -0.399 e. The van der Waals surface area contributed by atoms with Crippen LogP contribution in [-0.4, -0.2) is 20.2 Å². The lowest BCUT2D eigenvalue weighted by Gasteiger charge is -2.08. The second-order valence-electron chi connectivity index (χ2n) is 4.44. The topological polar surface area (TPSA) is 69.6 Å². The number of aryl methyl sites for hydroxylation is 1. The van der Waals surface area contributed by atoms with Crippen molar-refractivity contribution in [2.45, 2.75) is 6.92 Å². The fraction of sp³-hybridized carbons (Fsp3) is 0.0714. The van der Waals surface area contributed by atoms with Crippen LogP contribution in [-0.2, 0) is 0 Å². The van der Waals surface area contributed by atoms with Gasteiger partial charge in [0, 0.05) is 11.3 Å². The summed E-state index contributed by atoms with van der Waals surface area (Å²) in [5.74, 6) is 0.587. The van der Waals surface area contributed by atoms with Gasteiger partial charge in [0.15, 0.2) is 5.82 Å². The summed E-state index contributed by atoms with van der Waals surface area (Å²) in [6, 6.07) is 13.2. The third-order valence-corrected chi connectivity index (χ3v) is 3.36. The minimum absolute atomic E-state index is 0.523. The van der Waals surface area contributed by atoms with Gasteiger partial charge in [-0.2, -0.15) is 4.68 Å². The van der Waals surface area contributed by atoms with Gasteiger partial charge < -0.3 is 5.73 Å². The summed E-state index contributed by atoms with van der Waals surface area (Å²) in [6.45, 7) is 2.01. The van der Waals surface area contributed by atoms with Gasteiger partial charge in [-0.25, -0.2) is 0 Å². The lowest BCUT2D eigenvalue weighted by Crippen LogP contribution is -2.02. The second kappa shape index (κ2) is 4.94. The van der Waals surface area contributed by atoms with Crippen molar-refractivity contribution in [1.29, 1.82) is 0 Å². The first-order chi connectivity index (χ1) is 9.66. The average Bonchev–Trinajstić information content (AvgIpc) is 2.88. The molecule has 0 unspecified atom stereocenters. The fourth-order valence-corrected chi connectivity index (χ4v) is 2.30. The molecule has 3 aromatic rings. The Labute approximate surface area is 121 Å². The van der Waals surface area contributed by atoms with Crippen molar-refractivity contribution in [2.24, 2.45) is 0 Å². The molecule has 0 spiro atoms. The van der Waals surface area contributed by atoms with E-state index in [1.165, 1.54) is 0 Å². The Bertz CT molecular complexity index is 766. The number of nitrogens with zero attached hydrogens (tertiary/aromatic N) is 4. The number of aromatic nitrogens is 4. The monoisotopic (exact) mass is 285 g/mol. The molecule has 5 nitrogen and oxygen atoms in total. The number of rotatable bonds is 2. The molecule has 0 saturated heterocycles. The highest BCUT2D eigenvalue weighted by atomic mass is 35.5. The maximum Gasteiger partial charge on any atom is 0.188 e. The number of nitrogens with two attached hydrogens (primary N) is 1. The zero-order valence-corrected chi connectivity index (χ0v) is 11.5. The standard InChI is InChI=1S/C14H12ClN5/c1-9-4-2-3-5-13(9)20-14(17-18-19-20)11-7-6-10(16)8-12(11)15/h2-8H,16H2,1H3. The number of nitrogen functional groups attached to an aromatic ring is 1. The highest BCUT2D eigenvalue weighted by molar-refractivity contribution is 6.33. The first-order valence-corrected chi connectivity index (χ1v) is 6.44. The maximum atomic E-state index is 6.23. The van der Waals surface area contributed by atoms with E-state index in [1.807, 2.05) is 37.3 Å². The van der Waals surface area contributed by atoms with E-state index in [0.717, 1.165) is 16.8 Å². The number of benzene rings is 2. The lowest BCUT2D eigenvalue weighted by molar-refractivity contribution is 0.787. The van der Waals surface area contributed by atoms with E-state index in [4.69, 9.17) is 17.3 Å². The summed E-state index contributed by atoms with van der Waals surface area (Å²) in [5, 5.41) is 12.4. The minimum atomic E-state index is 0.523. The normalized spacial score (nSPS) is 10.7. The molecule has 0 aliphatic rings. The molecular weight excluding hydrogens is 274 g/mol. The summed E-state index contributed by atoms with van der Waals surface area (Å²) in [7, 11) is 0. The summed E-state index contributed by atoms with van der Waals surface area (Å²) in [6.07, 6.45) is 0. The molecule has 1 heterocycles. The number of para-hydroxylation sites is 1. The van der Waals surface area contributed by atoms with E-state index < -0.39 is 0 Å². The summed E-state index contributed by atoms with van der Waals surface area (Å²) < 4.78 is 1.67. The fourth-order valence-electron chi connectivity index (χ4n) is 2.03. The maximum absolute atomic E-state index is 6.23. The molecule has 2 N–H and O–H groups in total. The van der Waals surface area contributed by atoms with Crippen LogP contribution in [0.3, 0.4) is 0 Å². The Balaban J connectivity index is 2.18. The van der Waals surface area contributed by atoms with Gasteiger partial charge in [0.05, 0.1) is 10.7 Å². The molecule has 0 amide bonds. The molecule has 0 aliphatic carbocycles. The van der Waals surface area contributed by atoms with E-state index in [0.29, 0.717) is 16.5 Å². The highest BCUT2D eigenvalue weighted by Crippen LogP contribution is 2.29. The van der Waals surface area contributed by atoms with Gasteiger partial charge >= 0.3 is 0 Å². The van der Waals surface area contributed by atoms with Crippen LogP contribution in [0.2, 0.25) is 5.02 Å². The third-order valence-electron chi connectivity index (χ3n) is 3.05. The zero-order chi connectivity index (χ0) is 14.1. The van der Waals surface area contributed by atoms with Crippen LogP contribution in [0.5, 0.6) is 0 Å². The quantitative estimate of drug-likeness (QED) is 0.735. The molecule has 0 fully saturated rings. The van der Waals surface area contributed by atoms with Gasteiger partial charge in [-0.1, -0.05) is 29.8 Å². The van der Waals surface area contributed by atoms with Crippen LogP contribution in [0.4, 0.5) is 5.69 Å². The molecule has 20 heavy (non-hydrogen) atoms. The SMILES string of the molecule is Cc1ccccc1-n1nnnc1-c1ccc(N)cc1Cl. The number of hydrogen-bond acceptors (Lipinski definition) is 4. The Morgan fingerprint density at radius 3 is 2.70 bits per heavy atom. The number of tetrazole rings is 1. The Morgan fingerprint density at radius 1 is 1.15 bits per heavy atom. The molecule has 6 heteroatoms. The van der Waals surface area contributed by atoms with Crippen molar-refractivity contribution in [3.63, 3.8) is 0 Å². The molecule has 3 rings (SSSR count). The van der Waals surface area contributed by atoms with Crippen molar-refractivity contribution in [3.8, 4) is 17.1 Å². The molecule has 1 aromatic heterocycles. The molecule has 0 bridgehead atoms. The van der Waals surface area contributed by atoms with Gasteiger partial charge in [0.25, 0.3) is 0 Å². The first-order valence-electron chi connectivity index (χ1n) is 6.06. The van der Waals surface area contributed by atoms with Gasteiger partial charge in [0.2, 0.25) is 0 Å². The lowest BCUT2D eigenvalue weighted by atomic mass is 10.1. The molecule has 0 saturated carbocycles. The van der Waals surface area contributed by atoms with E-state index in [1.54, 1.807) is 16.8 Å². The third kappa shape index (κ3) is 2.12. The van der Waals surface area contributed by atoms with E-state index in [2.05, 4.69) is 15.5 Å². The van der Waals surface area contributed by atoms with Crippen LogP contribution in [0.15, 0.2) is 42.5 Å². The Hall–Kier alpha value is -2.40. The van der Waals surface area contributed by atoms with Crippen LogP contribution in [0.25, 0.3) is 17.1 Å². The predicted octanol–water partition coefficient (Wildman–Crippen LogP) is 2.87. The number of halogens is 1. The molecule has 100 valence electrons. The van der Waals surface area contributed by atoms with Crippen molar-refractivity contribution < 1.29 is 0 Å². The van der Waals surface area contributed by atoms with E-state index in [9.17, 15) is 0 Å². The molecule has 0 atom stereocenters. The van der Waals surface area contributed by atoms with E-state index in [-0.39, 0.29) is 0 Å². The van der Waals surface area contributed by atoms with Gasteiger partial charge in [-0.15, -0.1) is 5.10 Å². The largest absolute Gasteiger partial charge is 0.399 e. The van der Waals surface area contributed by atoms with E-state index >= 15 is 0 Å². The number of anilines is 1. The first kappa shape index (κ1) is 12.6. The van der Waals surface area contributed by atoms with Crippen molar-refractivity contribution in [3.05, 3.63) is 53.1 Å². The predicted molar refractivity (Wildman–Crippen MR) is 78.7 cm³/mol. The molecule has 0 radical (unpaired) electrons. The van der Waals surface area contributed by atoms with Crippen molar-refractivity contribution in [1.82, 2.24) is 20.2 Å². The smallest absolute Gasteiger partial charge is 0.188 e. The summed E-state index contributed by atoms with van der Waals surface area (Å²) >= 11 is 6.23. The molecule has 2 aromatic carbocycles. The average molecular weight is 286 g/mol. The summed E-state index contributed by atoms with van der Waals surface area (Å²) in [5.41, 5.74) is 9.05. The number of hydrogen-bond donors (Lipinski definition) is 1. The summed E-state index contributed by atoms with van der Waals surface area (Å²) in [4.78, 5) is 0. The van der Waals surface area contributed by atoms with Crippen LogP contribution >= 0.6 is 11.6 Å². The second-order valence-corrected chi connectivity index (χ2v) is 4.85. The van der Waals surface area contributed by atoms with Crippen molar-refractivity contribution in [2.75, 3.05) is 5.73 Å². The van der Waals surface area contributed by atoms with Gasteiger partial charge in [-0.3, -0.25) is 0 Å². The highest BCUT2D eigenvalue weighted by Gasteiger charge is 2.14. The van der Waals surface area contributed by atoms with Gasteiger partial charge in [-0.05, 0) is 47.2 Å². The Morgan fingerprint density at radius 2 is 1.95 bits per heavy atom. The van der Waals surface area contributed by atoms with Crippen LogP contribution in [0.1, 0.15) is 5.56 Å². The molecule has 0 aliphatic heterocycles. The van der Waals surface area contributed by atoms with Crippen LogP contribution in [0, 0.1) is 6.92 Å². The zero-order valence-electron chi connectivity index (χ0n) is 10.8. The van der Waals surface area contributed by atoms with Gasteiger partial charge in [0.1, 0.15) is 0 Å². The molecular formula is C14H12ClN5. The van der Waals surface area contributed by atoms with Crippen molar-refractivity contribution >= 4 is 17.3 Å². The Kier molecular flexibility index (Phi) is 3.12.